The van der Waals surface area contributed by atoms with Crippen LogP contribution in [-0.4, -0.2) is 30.6 Å². The number of benzene rings is 4. The smallest absolute Gasteiger partial charge is 0.510 e. The molecule has 0 heterocycles. The molecule has 4 rings (SSSR count). The zero-order valence-corrected chi connectivity index (χ0v) is 31.7. The van der Waals surface area contributed by atoms with E-state index in [1.54, 1.807) is 12.1 Å². The predicted molar refractivity (Wildman–Crippen MR) is 205 cm³/mol. The first-order valence-electron chi connectivity index (χ1n) is 17.8. The molecule has 0 spiro atoms. The molecule has 3 atom stereocenters. The van der Waals surface area contributed by atoms with E-state index < -0.39 is 45.4 Å². The number of ether oxygens (including phenoxy) is 2. The van der Waals surface area contributed by atoms with Crippen LogP contribution in [0.15, 0.2) is 115 Å². The molecule has 0 aliphatic carbocycles. The predicted octanol–water partition coefficient (Wildman–Crippen LogP) is 9.36. The van der Waals surface area contributed by atoms with Gasteiger partial charge in [-0.05, 0) is 70.4 Å². The molecule has 0 saturated carbocycles. The number of rotatable bonds is 16. The van der Waals surface area contributed by atoms with Crippen molar-refractivity contribution in [3.05, 3.63) is 126 Å². The van der Waals surface area contributed by atoms with Crippen molar-refractivity contribution in [2.75, 3.05) is 0 Å². The van der Waals surface area contributed by atoms with Gasteiger partial charge in [0.15, 0.2) is 0 Å². The molecule has 1 N–H and O–H groups in total. The molecular formula is C44H52BO7. The van der Waals surface area contributed by atoms with Crippen LogP contribution in [0.3, 0.4) is 0 Å². The number of hydrogen-bond acceptors (Lipinski definition) is 7. The summed E-state index contributed by atoms with van der Waals surface area (Å²) in [5.74, 6) is -2.33. The lowest BCUT2D eigenvalue weighted by Gasteiger charge is -2.52. The lowest BCUT2D eigenvalue weighted by Crippen LogP contribution is -2.52. The third-order valence-corrected chi connectivity index (χ3v) is 11.7. The highest BCUT2D eigenvalue weighted by atomic mass is 16.6. The SMILES string of the molecule is CC(C(=O)OCc1ccccc1)C(C)(C)C(C)(C)CC(C)(C(=O)Oc1ccc(-c2ccccc2)cc1)C(C)(C)CC(C(=O)O[B]O)c1ccccc1. The average molecular weight is 704 g/mol. The summed E-state index contributed by atoms with van der Waals surface area (Å²) in [4.78, 5) is 41.6. The second-order valence-electron chi connectivity index (χ2n) is 15.8. The quantitative estimate of drug-likeness (QED) is 0.0706. The van der Waals surface area contributed by atoms with E-state index in [1.165, 1.54) is 0 Å². The van der Waals surface area contributed by atoms with E-state index in [-0.39, 0.29) is 19.0 Å². The Morgan fingerprint density at radius 1 is 0.673 bits per heavy atom. The summed E-state index contributed by atoms with van der Waals surface area (Å²) in [6.07, 6.45) is 0.507. The Kier molecular flexibility index (Phi) is 12.9. The van der Waals surface area contributed by atoms with Gasteiger partial charge in [-0.3, -0.25) is 14.4 Å². The first-order chi connectivity index (χ1) is 24.5. The molecule has 0 amide bonds. The van der Waals surface area contributed by atoms with Crippen LogP contribution in [0, 0.1) is 27.6 Å². The molecule has 0 aliphatic heterocycles. The van der Waals surface area contributed by atoms with Gasteiger partial charge in [-0.1, -0.05) is 152 Å². The van der Waals surface area contributed by atoms with Gasteiger partial charge in [0.2, 0.25) is 0 Å². The van der Waals surface area contributed by atoms with Gasteiger partial charge in [0.05, 0.1) is 17.3 Å². The standard InChI is InChI=1S/C44H52BO7/c1-31(38(46)50-29-32-18-12-9-13-19-32)43(6,7)42(4,5)30-44(8,40(48)51-36-26-24-34(25-27-36)33-20-14-10-15-21-33)41(2,3)28-37(39(47)52-45-49)35-22-16-11-17-23-35/h9-27,31,37,49H,28-30H2,1-8H3. The maximum Gasteiger partial charge on any atom is 0.571 e. The molecule has 0 aliphatic rings. The normalized spacial score (nSPS) is 14.3. The summed E-state index contributed by atoms with van der Waals surface area (Å²) in [7, 11) is 0.391. The summed E-state index contributed by atoms with van der Waals surface area (Å²) in [5, 5.41) is 9.40. The topological polar surface area (TPSA) is 99.1 Å². The van der Waals surface area contributed by atoms with Crippen LogP contribution in [0.4, 0.5) is 0 Å². The van der Waals surface area contributed by atoms with E-state index in [1.807, 2.05) is 145 Å². The highest BCUT2D eigenvalue weighted by Crippen LogP contribution is 2.57. The number of esters is 2. The maximum absolute atomic E-state index is 14.7. The molecular weight excluding hydrogens is 651 g/mol. The third-order valence-electron chi connectivity index (χ3n) is 11.7. The molecule has 0 saturated heterocycles. The van der Waals surface area contributed by atoms with Crippen LogP contribution in [0.1, 0.15) is 85.3 Å². The average Bonchev–Trinajstić information content (AvgIpc) is 3.13. The van der Waals surface area contributed by atoms with Crippen molar-refractivity contribution in [2.45, 2.75) is 80.8 Å². The molecule has 52 heavy (non-hydrogen) atoms. The second-order valence-corrected chi connectivity index (χ2v) is 15.8. The largest absolute Gasteiger partial charge is 0.571 e. The summed E-state index contributed by atoms with van der Waals surface area (Å²) in [6.45, 7) is 16.0. The van der Waals surface area contributed by atoms with Gasteiger partial charge in [0, 0.05) is 0 Å². The fraction of sp³-hybridized carbons (Fsp3) is 0.386. The minimum atomic E-state index is -1.20. The molecule has 4 aromatic rings. The Morgan fingerprint density at radius 2 is 1.19 bits per heavy atom. The van der Waals surface area contributed by atoms with E-state index >= 15 is 0 Å². The number of carbonyl (C=O) groups excluding carboxylic acids is 3. The van der Waals surface area contributed by atoms with Crippen molar-refractivity contribution in [3.63, 3.8) is 0 Å². The Morgan fingerprint density at radius 3 is 1.75 bits per heavy atom. The molecule has 1 radical (unpaired) electrons. The summed E-state index contributed by atoms with van der Waals surface area (Å²) in [5.41, 5.74) is 0.267. The van der Waals surface area contributed by atoms with E-state index in [0.717, 1.165) is 16.7 Å². The summed E-state index contributed by atoms with van der Waals surface area (Å²) < 4.78 is 17.0. The van der Waals surface area contributed by atoms with Gasteiger partial charge in [-0.15, -0.1) is 0 Å². The lowest BCUT2D eigenvalue weighted by atomic mass is 9.51. The minimum Gasteiger partial charge on any atom is -0.510 e. The van der Waals surface area contributed by atoms with Crippen LogP contribution in [0.25, 0.3) is 11.1 Å². The molecule has 3 unspecified atom stereocenters. The van der Waals surface area contributed by atoms with E-state index in [4.69, 9.17) is 14.1 Å². The van der Waals surface area contributed by atoms with Crippen molar-refractivity contribution >= 4 is 25.6 Å². The van der Waals surface area contributed by atoms with Gasteiger partial charge in [-0.25, -0.2) is 0 Å². The van der Waals surface area contributed by atoms with Crippen molar-refractivity contribution < 1.29 is 33.5 Å². The first kappa shape index (κ1) is 40.1. The minimum absolute atomic E-state index is 0.170. The van der Waals surface area contributed by atoms with E-state index in [9.17, 15) is 19.4 Å². The van der Waals surface area contributed by atoms with Crippen LogP contribution in [0.5, 0.6) is 5.75 Å². The highest BCUT2D eigenvalue weighted by Gasteiger charge is 2.56. The molecule has 0 bridgehead atoms. The van der Waals surface area contributed by atoms with Gasteiger partial charge in [0.1, 0.15) is 12.4 Å². The molecule has 0 fully saturated rings. The van der Waals surface area contributed by atoms with Crippen molar-refractivity contribution in [1.82, 2.24) is 0 Å². The molecule has 0 aromatic heterocycles. The van der Waals surface area contributed by atoms with E-state index in [2.05, 4.69) is 13.8 Å². The fourth-order valence-corrected chi connectivity index (χ4v) is 6.89. The third kappa shape index (κ3) is 9.21. The Labute approximate surface area is 310 Å². The van der Waals surface area contributed by atoms with Gasteiger partial charge in [0.25, 0.3) is 5.97 Å². The van der Waals surface area contributed by atoms with Crippen LogP contribution >= 0.6 is 0 Å². The number of carbonyl (C=O) groups is 3. The number of hydrogen-bond donors (Lipinski definition) is 1. The van der Waals surface area contributed by atoms with Crippen LogP contribution in [-0.2, 0) is 30.4 Å². The van der Waals surface area contributed by atoms with Crippen molar-refractivity contribution in [2.24, 2.45) is 27.6 Å². The van der Waals surface area contributed by atoms with Crippen LogP contribution < -0.4 is 4.74 Å². The lowest BCUT2D eigenvalue weighted by molar-refractivity contribution is -0.165. The monoisotopic (exact) mass is 703 g/mol. The van der Waals surface area contributed by atoms with Crippen molar-refractivity contribution in [3.8, 4) is 16.9 Å². The summed E-state index contributed by atoms with van der Waals surface area (Å²) in [6, 6.07) is 36.1. The zero-order chi connectivity index (χ0) is 38.2. The second kappa shape index (κ2) is 16.8. The molecule has 273 valence electrons. The zero-order valence-electron chi connectivity index (χ0n) is 31.7. The first-order valence-corrected chi connectivity index (χ1v) is 17.8. The van der Waals surface area contributed by atoms with Crippen LogP contribution in [0.2, 0.25) is 0 Å². The van der Waals surface area contributed by atoms with Crippen molar-refractivity contribution in [1.29, 1.82) is 0 Å². The van der Waals surface area contributed by atoms with Gasteiger partial charge < -0.3 is 19.2 Å². The Hall–Kier alpha value is -4.69. The fourth-order valence-electron chi connectivity index (χ4n) is 6.89. The highest BCUT2D eigenvalue weighted by molar-refractivity contribution is 6.20. The Balaban J connectivity index is 1.69. The molecule has 7 nitrogen and oxygen atoms in total. The van der Waals surface area contributed by atoms with Gasteiger partial charge in [-0.2, -0.15) is 0 Å². The van der Waals surface area contributed by atoms with Gasteiger partial charge >= 0.3 is 19.6 Å². The van der Waals surface area contributed by atoms with E-state index in [0.29, 0.717) is 25.4 Å². The molecule has 8 heteroatoms. The Bertz CT molecular complexity index is 1770. The molecule has 4 aromatic carbocycles. The summed E-state index contributed by atoms with van der Waals surface area (Å²) >= 11 is 0. The maximum atomic E-state index is 14.7.